The molecule has 0 aliphatic heterocycles. The first kappa shape index (κ1) is 11.5. The van der Waals surface area contributed by atoms with Crippen LogP contribution in [0.25, 0.3) is 0 Å². The maximum Gasteiger partial charge on any atom is 0.0366 e. The van der Waals surface area contributed by atoms with Gasteiger partial charge >= 0.3 is 0 Å². The Morgan fingerprint density at radius 1 is 1.31 bits per heavy atom. The van der Waals surface area contributed by atoms with E-state index in [1.165, 1.54) is 30.6 Å². The van der Waals surface area contributed by atoms with E-state index in [1.54, 1.807) is 0 Å². The largest absolute Gasteiger partial charge is 0.372 e. The van der Waals surface area contributed by atoms with E-state index in [0.29, 0.717) is 0 Å². The Morgan fingerprint density at radius 2 is 1.94 bits per heavy atom. The molecule has 0 heterocycles. The van der Waals surface area contributed by atoms with Gasteiger partial charge in [-0.1, -0.05) is 12.1 Å². The third-order valence-corrected chi connectivity index (χ3v) is 3.34. The molecule has 0 spiro atoms. The van der Waals surface area contributed by atoms with Gasteiger partial charge in [-0.25, -0.2) is 0 Å². The second-order valence-corrected chi connectivity index (χ2v) is 4.86. The zero-order valence-electron chi connectivity index (χ0n) is 10.3. The SMILES string of the molecule is CCN(CC1CC1)c1ccc([C@H](C)N)cc1. The van der Waals surface area contributed by atoms with E-state index >= 15 is 0 Å². The van der Waals surface area contributed by atoms with Gasteiger partial charge in [-0.2, -0.15) is 0 Å². The molecule has 2 rings (SSSR count). The molecular weight excluding hydrogens is 196 g/mol. The first-order valence-electron chi connectivity index (χ1n) is 6.31. The number of nitrogens with zero attached hydrogens (tertiary/aromatic N) is 1. The third kappa shape index (κ3) is 2.76. The lowest BCUT2D eigenvalue weighted by molar-refractivity contribution is 0.741. The van der Waals surface area contributed by atoms with Crippen LogP contribution in [0.15, 0.2) is 24.3 Å². The van der Waals surface area contributed by atoms with Crippen molar-refractivity contribution in [2.45, 2.75) is 32.7 Å². The predicted octanol–water partition coefficient (Wildman–Crippen LogP) is 2.94. The van der Waals surface area contributed by atoms with Gasteiger partial charge < -0.3 is 10.6 Å². The topological polar surface area (TPSA) is 29.3 Å². The van der Waals surface area contributed by atoms with Crippen LogP contribution in [0.2, 0.25) is 0 Å². The van der Waals surface area contributed by atoms with Crippen molar-refractivity contribution in [2.75, 3.05) is 18.0 Å². The average Bonchev–Trinajstić information content (AvgIpc) is 3.10. The van der Waals surface area contributed by atoms with Gasteiger partial charge in [-0.15, -0.1) is 0 Å². The highest BCUT2D eigenvalue weighted by atomic mass is 15.1. The van der Waals surface area contributed by atoms with Crippen LogP contribution in [0.1, 0.15) is 38.3 Å². The molecule has 1 aromatic rings. The summed E-state index contributed by atoms with van der Waals surface area (Å²) >= 11 is 0. The van der Waals surface area contributed by atoms with Crippen LogP contribution in [-0.2, 0) is 0 Å². The standard InChI is InChI=1S/C14H22N2/c1-3-16(10-12-4-5-12)14-8-6-13(7-9-14)11(2)15/h6-9,11-12H,3-5,10,15H2,1-2H3/t11-/m0/s1. The molecule has 1 atom stereocenters. The van der Waals surface area contributed by atoms with E-state index in [1.807, 2.05) is 6.92 Å². The zero-order valence-corrected chi connectivity index (χ0v) is 10.3. The van der Waals surface area contributed by atoms with Crippen molar-refractivity contribution in [3.8, 4) is 0 Å². The number of benzene rings is 1. The van der Waals surface area contributed by atoms with Crippen LogP contribution >= 0.6 is 0 Å². The van der Waals surface area contributed by atoms with Gasteiger partial charge in [0.05, 0.1) is 0 Å². The summed E-state index contributed by atoms with van der Waals surface area (Å²) in [5, 5.41) is 0. The highest BCUT2D eigenvalue weighted by Gasteiger charge is 2.23. The number of anilines is 1. The molecule has 0 saturated heterocycles. The normalized spacial score (nSPS) is 17.2. The number of hydrogen-bond acceptors (Lipinski definition) is 2. The molecule has 1 fully saturated rings. The van der Waals surface area contributed by atoms with Crippen molar-refractivity contribution >= 4 is 5.69 Å². The summed E-state index contributed by atoms with van der Waals surface area (Å²) in [6.07, 6.45) is 2.82. The molecule has 2 heteroatoms. The van der Waals surface area contributed by atoms with Crippen LogP contribution in [0.3, 0.4) is 0 Å². The summed E-state index contributed by atoms with van der Waals surface area (Å²) in [6, 6.07) is 8.83. The third-order valence-electron chi connectivity index (χ3n) is 3.34. The first-order chi connectivity index (χ1) is 7.70. The highest BCUT2D eigenvalue weighted by molar-refractivity contribution is 5.48. The van der Waals surface area contributed by atoms with Crippen molar-refractivity contribution in [1.82, 2.24) is 0 Å². The van der Waals surface area contributed by atoms with Crippen LogP contribution in [0.4, 0.5) is 5.69 Å². The number of nitrogens with two attached hydrogens (primary N) is 1. The molecule has 1 aromatic carbocycles. The van der Waals surface area contributed by atoms with Crippen molar-refractivity contribution in [2.24, 2.45) is 11.7 Å². The van der Waals surface area contributed by atoms with Gasteiger partial charge in [0.1, 0.15) is 0 Å². The summed E-state index contributed by atoms with van der Waals surface area (Å²) in [4.78, 5) is 2.46. The second kappa shape index (κ2) is 4.88. The molecule has 1 aliphatic carbocycles. The molecule has 0 unspecified atom stereocenters. The average molecular weight is 218 g/mol. The molecule has 0 amide bonds. The van der Waals surface area contributed by atoms with Gasteiger partial charge in [0, 0.05) is 24.8 Å². The van der Waals surface area contributed by atoms with Gasteiger partial charge in [0.15, 0.2) is 0 Å². The molecular formula is C14H22N2. The first-order valence-corrected chi connectivity index (χ1v) is 6.31. The Hall–Kier alpha value is -1.02. The maximum atomic E-state index is 5.85. The van der Waals surface area contributed by atoms with E-state index < -0.39 is 0 Å². The van der Waals surface area contributed by atoms with E-state index in [-0.39, 0.29) is 6.04 Å². The Balaban J connectivity index is 2.05. The fourth-order valence-electron chi connectivity index (χ4n) is 2.02. The Labute approximate surface area is 98.4 Å². The minimum atomic E-state index is 0.132. The highest BCUT2D eigenvalue weighted by Crippen LogP contribution is 2.31. The monoisotopic (exact) mass is 218 g/mol. The fraction of sp³-hybridized carbons (Fsp3) is 0.571. The summed E-state index contributed by atoms with van der Waals surface area (Å²) in [5.41, 5.74) is 8.40. The van der Waals surface area contributed by atoms with Crippen LogP contribution < -0.4 is 10.6 Å². The maximum absolute atomic E-state index is 5.85. The van der Waals surface area contributed by atoms with E-state index in [9.17, 15) is 0 Å². The fourth-order valence-corrected chi connectivity index (χ4v) is 2.02. The lowest BCUT2D eigenvalue weighted by Crippen LogP contribution is -2.25. The minimum Gasteiger partial charge on any atom is -0.372 e. The molecule has 1 saturated carbocycles. The lowest BCUT2D eigenvalue weighted by Gasteiger charge is -2.23. The predicted molar refractivity (Wildman–Crippen MR) is 69.7 cm³/mol. The number of hydrogen-bond donors (Lipinski definition) is 1. The lowest BCUT2D eigenvalue weighted by atomic mass is 10.1. The van der Waals surface area contributed by atoms with Gasteiger partial charge in [0.25, 0.3) is 0 Å². The minimum absolute atomic E-state index is 0.132. The smallest absolute Gasteiger partial charge is 0.0366 e. The molecule has 0 bridgehead atoms. The van der Waals surface area contributed by atoms with Crippen LogP contribution in [0, 0.1) is 5.92 Å². The quantitative estimate of drug-likeness (QED) is 0.823. The van der Waals surface area contributed by atoms with Crippen molar-refractivity contribution in [1.29, 1.82) is 0 Å². The molecule has 1 aliphatic rings. The number of rotatable bonds is 5. The molecule has 0 radical (unpaired) electrons. The zero-order chi connectivity index (χ0) is 11.5. The Bertz CT molecular complexity index is 325. The van der Waals surface area contributed by atoms with Gasteiger partial charge in [-0.3, -0.25) is 0 Å². The van der Waals surface area contributed by atoms with Crippen molar-refractivity contribution < 1.29 is 0 Å². The van der Waals surface area contributed by atoms with Crippen LogP contribution in [-0.4, -0.2) is 13.1 Å². The molecule has 2 nitrogen and oxygen atoms in total. The Kier molecular flexibility index (Phi) is 3.49. The van der Waals surface area contributed by atoms with Gasteiger partial charge in [0.2, 0.25) is 0 Å². The van der Waals surface area contributed by atoms with Crippen molar-refractivity contribution in [3.05, 3.63) is 29.8 Å². The van der Waals surface area contributed by atoms with Crippen LogP contribution in [0.5, 0.6) is 0 Å². The van der Waals surface area contributed by atoms with E-state index in [2.05, 4.69) is 36.1 Å². The van der Waals surface area contributed by atoms with Gasteiger partial charge in [-0.05, 0) is 50.3 Å². The molecule has 16 heavy (non-hydrogen) atoms. The molecule has 0 aromatic heterocycles. The van der Waals surface area contributed by atoms with E-state index in [4.69, 9.17) is 5.73 Å². The summed E-state index contributed by atoms with van der Waals surface area (Å²) in [5.74, 6) is 0.938. The molecule has 88 valence electrons. The summed E-state index contributed by atoms with van der Waals surface area (Å²) < 4.78 is 0. The Morgan fingerprint density at radius 3 is 2.38 bits per heavy atom. The van der Waals surface area contributed by atoms with E-state index in [0.717, 1.165) is 12.5 Å². The van der Waals surface area contributed by atoms with Crippen molar-refractivity contribution in [3.63, 3.8) is 0 Å². The second-order valence-electron chi connectivity index (χ2n) is 4.86. The molecule has 2 N–H and O–H groups in total. The summed E-state index contributed by atoms with van der Waals surface area (Å²) in [6.45, 7) is 6.56. The summed E-state index contributed by atoms with van der Waals surface area (Å²) in [7, 11) is 0.